The normalized spacial score (nSPS) is 13.9. The summed E-state index contributed by atoms with van der Waals surface area (Å²) in [5, 5.41) is 18.3. The van der Waals surface area contributed by atoms with Crippen LogP contribution in [0.5, 0.6) is 0 Å². The molecule has 2 aromatic carbocycles. The number of carboxylic acid groups (broad SMARTS) is 1. The molecule has 2 unspecified atom stereocenters. The van der Waals surface area contributed by atoms with Crippen molar-refractivity contribution < 1.29 is 29.0 Å². The maximum atomic E-state index is 12.4. The number of benzene rings is 2. The standard InChI is InChI=1S/C25H26N4O6/c1-15(34-2)23(24(31)32)28-22(30)13-29-12-16(11-26-29)27-25(33)35-14-21-19-9-5-3-7-17(19)18-8-4-6-10-20(18)21/h3-12,15,21,23H,13-14H2,1-2H3,(H,27,33)(H,28,30)(H,31,32). The van der Waals surface area contributed by atoms with Crippen LogP contribution in [0, 0.1) is 0 Å². The molecule has 4 rings (SSSR count). The second kappa shape index (κ2) is 10.4. The van der Waals surface area contributed by atoms with Crippen LogP contribution < -0.4 is 10.6 Å². The molecule has 0 fully saturated rings. The number of hydrogen-bond donors (Lipinski definition) is 3. The first-order valence-corrected chi connectivity index (χ1v) is 11.1. The van der Waals surface area contributed by atoms with Gasteiger partial charge >= 0.3 is 12.1 Å². The van der Waals surface area contributed by atoms with Crippen molar-refractivity contribution >= 4 is 23.7 Å². The van der Waals surface area contributed by atoms with E-state index in [-0.39, 0.29) is 19.1 Å². The van der Waals surface area contributed by atoms with Gasteiger partial charge in [-0.25, -0.2) is 9.59 Å². The molecule has 0 aliphatic heterocycles. The number of amides is 2. The van der Waals surface area contributed by atoms with Gasteiger partial charge in [-0.15, -0.1) is 0 Å². The number of aliphatic carboxylic acids is 1. The number of carboxylic acids is 1. The van der Waals surface area contributed by atoms with E-state index in [1.165, 1.54) is 24.2 Å². The summed E-state index contributed by atoms with van der Waals surface area (Å²) in [4.78, 5) is 36.0. The summed E-state index contributed by atoms with van der Waals surface area (Å²) in [5.41, 5.74) is 4.85. The summed E-state index contributed by atoms with van der Waals surface area (Å²) >= 11 is 0. The summed E-state index contributed by atoms with van der Waals surface area (Å²) in [6.07, 6.45) is 1.48. The molecule has 1 heterocycles. The van der Waals surface area contributed by atoms with E-state index in [2.05, 4.69) is 27.9 Å². The Morgan fingerprint density at radius 2 is 1.71 bits per heavy atom. The van der Waals surface area contributed by atoms with Crippen molar-refractivity contribution in [2.24, 2.45) is 0 Å². The van der Waals surface area contributed by atoms with E-state index in [0.29, 0.717) is 5.69 Å². The number of hydrogen-bond acceptors (Lipinski definition) is 6. The van der Waals surface area contributed by atoms with Crippen molar-refractivity contribution in [3.8, 4) is 11.1 Å². The number of carbonyl (C=O) groups is 3. The predicted molar refractivity (Wildman–Crippen MR) is 127 cm³/mol. The zero-order valence-corrected chi connectivity index (χ0v) is 19.3. The molecule has 1 aliphatic carbocycles. The van der Waals surface area contributed by atoms with Crippen molar-refractivity contribution in [1.29, 1.82) is 0 Å². The van der Waals surface area contributed by atoms with Crippen LogP contribution >= 0.6 is 0 Å². The molecule has 3 aromatic rings. The maximum Gasteiger partial charge on any atom is 0.411 e. The fourth-order valence-electron chi connectivity index (χ4n) is 4.15. The van der Waals surface area contributed by atoms with Crippen molar-refractivity contribution in [3.05, 3.63) is 72.1 Å². The van der Waals surface area contributed by atoms with Crippen molar-refractivity contribution in [2.45, 2.75) is 31.5 Å². The number of anilines is 1. The second-order valence-electron chi connectivity index (χ2n) is 8.20. The van der Waals surface area contributed by atoms with Gasteiger partial charge in [-0.05, 0) is 29.2 Å². The Labute approximate surface area is 201 Å². The molecule has 1 aliphatic rings. The Balaban J connectivity index is 1.32. The largest absolute Gasteiger partial charge is 0.480 e. The molecule has 182 valence electrons. The fraction of sp³-hybridized carbons (Fsp3) is 0.280. The van der Waals surface area contributed by atoms with Crippen molar-refractivity contribution in [3.63, 3.8) is 0 Å². The van der Waals surface area contributed by atoms with Gasteiger partial charge < -0.3 is 19.9 Å². The van der Waals surface area contributed by atoms with Gasteiger partial charge in [0.25, 0.3) is 0 Å². The van der Waals surface area contributed by atoms with Crippen LogP contribution in [0.4, 0.5) is 10.5 Å². The van der Waals surface area contributed by atoms with E-state index in [4.69, 9.17) is 9.47 Å². The number of fused-ring (bicyclic) bond motifs is 3. The summed E-state index contributed by atoms with van der Waals surface area (Å²) in [6.45, 7) is 1.49. The average molecular weight is 479 g/mol. The van der Waals surface area contributed by atoms with Crippen molar-refractivity contribution in [1.82, 2.24) is 15.1 Å². The smallest absolute Gasteiger partial charge is 0.411 e. The van der Waals surface area contributed by atoms with E-state index < -0.39 is 30.1 Å². The Bertz CT molecular complexity index is 1190. The van der Waals surface area contributed by atoms with E-state index in [9.17, 15) is 19.5 Å². The highest BCUT2D eigenvalue weighted by atomic mass is 16.5. The third kappa shape index (κ3) is 5.33. The van der Waals surface area contributed by atoms with E-state index >= 15 is 0 Å². The zero-order valence-electron chi connectivity index (χ0n) is 19.3. The van der Waals surface area contributed by atoms with Crippen LogP contribution in [-0.2, 0) is 25.6 Å². The zero-order chi connectivity index (χ0) is 24.9. The molecular weight excluding hydrogens is 452 g/mol. The number of nitrogens with one attached hydrogen (secondary N) is 2. The van der Waals surface area contributed by atoms with Crippen LogP contribution in [0.2, 0.25) is 0 Å². The molecule has 2 atom stereocenters. The van der Waals surface area contributed by atoms with Crippen LogP contribution in [0.3, 0.4) is 0 Å². The number of rotatable bonds is 9. The lowest BCUT2D eigenvalue weighted by atomic mass is 9.98. The van der Waals surface area contributed by atoms with Crippen LogP contribution in [0.1, 0.15) is 24.0 Å². The molecule has 0 saturated carbocycles. The molecule has 0 saturated heterocycles. The van der Waals surface area contributed by atoms with Gasteiger partial charge in [-0.2, -0.15) is 5.10 Å². The van der Waals surface area contributed by atoms with E-state index in [1.807, 2.05) is 36.4 Å². The first kappa shape index (κ1) is 24.0. The van der Waals surface area contributed by atoms with Crippen molar-refractivity contribution in [2.75, 3.05) is 19.0 Å². The minimum absolute atomic E-state index is 0.0590. The first-order valence-electron chi connectivity index (χ1n) is 11.1. The summed E-state index contributed by atoms with van der Waals surface area (Å²) in [5.74, 6) is -1.82. The molecule has 3 N–H and O–H groups in total. The lowest BCUT2D eigenvalue weighted by Gasteiger charge is -2.20. The van der Waals surface area contributed by atoms with E-state index in [0.717, 1.165) is 22.3 Å². The van der Waals surface area contributed by atoms with Gasteiger partial charge in [-0.1, -0.05) is 48.5 Å². The molecule has 0 radical (unpaired) electrons. The van der Waals surface area contributed by atoms with E-state index in [1.54, 1.807) is 6.92 Å². The molecule has 2 amide bonds. The van der Waals surface area contributed by atoms with Gasteiger partial charge in [-0.3, -0.25) is 14.8 Å². The minimum atomic E-state index is -1.20. The SMILES string of the molecule is COC(C)C(NC(=O)Cn1cc(NC(=O)OCC2c3ccccc3-c3ccccc32)cn1)C(=O)O. The van der Waals surface area contributed by atoms with Gasteiger partial charge in [0.15, 0.2) is 6.04 Å². The Morgan fingerprint density at radius 1 is 1.09 bits per heavy atom. The van der Waals surface area contributed by atoms with Gasteiger partial charge in [0, 0.05) is 19.2 Å². The third-order valence-electron chi connectivity index (χ3n) is 5.95. The predicted octanol–water partition coefficient (Wildman–Crippen LogP) is 2.85. The summed E-state index contributed by atoms with van der Waals surface area (Å²) in [6, 6.07) is 14.9. The molecular formula is C25H26N4O6. The summed E-state index contributed by atoms with van der Waals surface area (Å²) in [7, 11) is 1.36. The topological polar surface area (TPSA) is 132 Å². The number of nitrogens with zero attached hydrogens (tertiary/aromatic N) is 2. The molecule has 0 bridgehead atoms. The minimum Gasteiger partial charge on any atom is -0.480 e. The highest BCUT2D eigenvalue weighted by molar-refractivity contribution is 5.85. The lowest BCUT2D eigenvalue weighted by Crippen LogP contribution is -2.49. The number of ether oxygens (including phenoxy) is 2. The molecule has 10 heteroatoms. The monoisotopic (exact) mass is 478 g/mol. The highest BCUT2D eigenvalue weighted by Gasteiger charge is 2.29. The lowest BCUT2D eigenvalue weighted by molar-refractivity contribution is -0.145. The van der Waals surface area contributed by atoms with Crippen LogP contribution in [0.25, 0.3) is 11.1 Å². The van der Waals surface area contributed by atoms with Crippen LogP contribution in [0.15, 0.2) is 60.9 Å². The van der Waals surface area contributed by atoms with Crippen LogP contribution in [-0.4, -0.2) is 58.7 Å². The Hall–Kier alpha value is -4.18. The fourth-order valence-corrected chi connectivity index (χ4v) is 4.15. The Kier molecular flexibility index (Phi) is 7.11. The maximum absolute atomic E-state index is 12.4. The molecule has 35 heavy (non-hydrogen) atoms. The summed E-state index contributed by atoms with van der Waals surface area (Å²) < 4.78 is 11.8. The average Bonchev–Trinajstić information content (AvgIpc) is 3.42. The molecule has 10 nitrogen and oxygen atoms in total. The number of carbonyl (C=O) groups excluding carboxylic acids is 2. The third-order valence-corrected chi connectivity index (χ3v) is 5.95. The highest BCUT2D eigenvalue weighted by Crippen LogP contribution is 2.44. The Morgan fingerprint density at radius 3 is 2.31 bits per heavy atom. The van der Waals surface area contributed by atoms with Gasteiger partial charge in [0.1, 0.15) is 13.2 Å². The van der Waals surface area contributed by atoms with Gasteiger partial charge in [0.2, 0.25) is 5.91 Å². The molecule has 1 aromatic heterocycles. The second-order valence-corrected chi connectivity index (χ2v) is 8.20. The first-order chi connectivity index (χ1) is 16.9. The quantitative estimate of drug-likeness (QED) is 0.431. The number of aromatic nitrogens is 2. The molecule has 0 spiro atoms. The number of methoxy groups -OCH3 is 1. The van der Waals surface area contributed by atoms with Gasteiger partial charge in [0.05, 0.1) is 18.0 Å².